The predicted molar refractivity (Wildman–Crippen MR) is 81.9 cm³/mol. The number of hydrogen-bond acceptors (Lipinski definition) is 4. The van der Waals surface area contributed by atoms with Gasteiger partial charge in [0.1, 0.15) is 5.75 Å². The monoisotopic (exact) mass is 278 g/mol. The van der Waals surface area contributed by atoms with Crippen molar-refractivity contribution in [2.75, 3.05) is 32.0 Å². The third-order valence-corrected chi connectivity index (χ3v) is 3.96. The molecule has 0 aliphatic heterocycles. The maximum atomic E-state index is 8.97. The lowest BCUT2D eigenvalue weighted by Crippen LogP contribution is -2.41. The van der Waals surface area contributed by atoms with E-state index >= 15 is 0 Å². The van der Waals surface area contributed by atoms with Crippen molar-refractivity contribution in [2.24, 2.45) is 0 Å². The second-order valence-corrected chi connectivity index (χ2v) is 5.44. The molecular formula is C16H26N2O2. The Balaban J connectivity index is 1.68. The number of aliphatic hydroxyl groups is 1. The highest BCUT2D eigenvalue weighted by Gasteiger charge is 2.23. The van der Waals surface area contributed by atoms with Gasteiger partial charge in [-0.15, -0.1) is 0 Å². The first kappa shape index (κ1) is 15.1. The van der Waals surface area contributed by atoms with Gasteiger partial charge in [-0.2, -0.15) is 0 Å². The molecule has 0 saturated heterocycles. The van der Waals surface area contributed by atoms with E-state index in [2.05, 4.69) is 4.90 Å². The number of nitrogen functional groups attached to an aromatic ring is 1. The van der Waals surface area contributed by atoms with Gasteiger partial charge >= 0.3 is 0 Å². The maximum Gasteiger partial charge on any atom is 0.142 e. The number of rotatable bonds is 9. The zero-order valence-corrected chi connectivity index (χ0v) is 12.1. The van der Waals surface area contributed by atoms with Crippen molar-refractivity contribution < 1.29 is 9.84 Å². The minimum Gasteiger partial charge on any atom is -0.491 e. The van der Waals surface area contributed by atoms with Gasteiger partial charge in [-0.05, 0) is 37.8 Å². The zero-order chi connectivity index (χ0) is 14.2. The Morgan fingerprint density at radius 1 is 1.20 bits per heavy atom. The second kappa shape index (κ2) is 8.12. The fraction of sp³-hybridized carbons (Fsp3) is 0.625. The van der Waals surface area contributed by atoms with E-state index in [1.54, 1.807) is 0 Å². The Hall–Kier alpha value is -1.26. The minimum atomic E-state index is 0.278. The topological polar surface area (TPSA) is 58.7 Å². The van der Waals surface area contributed by atoms with Crippen molar-refractivity contribution in [2.45, 2.75) is 38.1 Å². The molecule has 4 nitrogen and oxygen atoms in total. The number of nitrogens with two attached hydrogens (primary N) is 1. The third-order valence-electron chi connectivity index (χ3n) is 3.96. The summed E-state index contributed by atoms with van der Waals surface area (Å²) in [5.41, 5.74) is 6.54. The summed E-state index contributed by atoms with van der Waals surface area (Å²) in [6.07, 6.45) is 5.81. The van der Waals surface area contributed by atoms with E-state index in [0.717, 1.165) is 37.7 Å². The van der Waals surface area contributed by atoms with Crippen molar-refractivity contribution >= 4 is 5.69 Å². The maximum absolute atomic E-state index is 8.97. The number of para-hydroxylation sites is 2. The molecule has 1 aliphatic carbocycles. The van der Waals surface area contributed by atoms with Gasteiger partial charge in [0.2, 0.25) is 0 Å². The molecule has 0 aromatic heterocycles. The Morgan fingerprint density at radius 2 is 1.95 bits per heavy atom. The number of nitrogens with zero attached hydrogens (tertiary/aromatic N) is 1. The summed E-state index contributed by atoms with van der Waals surface area (Å²) in [5, 5.41) is 8.97. The van der Waals surface area contributed by atoms with Gasteiger partial charge < -0.3 is 20.5 Å². The lowest BCUT2D eigenvalue weighted by Gasteiger charge is -2.37. The average Bonchev–Trinajstić information content (AvgIpc) is 2.40. The van der Waals surface area contributed by atoms with Crippen LogP contribution in [0.4, 0.5) is 5.69 Å². The molecule has 112 valence electrons. The van der Waals surface area contributed by atoms with Crippen LogP contribution in [0.3, 0.4) is 0 Å². The van der Waals surface area contributed by atoms with Crippen LogP contribution in [0.5, 0.6) is 5.75 Å². The van der Waals surface area contributed by atoms with E-state index in [-0.39, 0.29) is 6.61 Å². The molecule has 0 heterocycles. The Labute approximate surface area is 121 Å². The van der Waals surface area contributed by atoms with Crippen LogP contribution in [0, 0.1) is 0 Å². The number of anilines is 1. The van der Waals surface area contributed by atoms with E-state index in [0.29, 0.717) is 12.3 Å². The van der Waals surface area contributed by atoms with Crippen LogP contribution in [0.15, 0.2) is 24.3 Å². The molecule has 1 aromatic carbocycles. The largest absolute Gasteiger partial charge is 0.491 e. The molecule has 1 aliphatic rings. The minimum absolute atomic E-state index is 0.278. The van der Waals surface area contributed by atoms with Gasteiger partial charge in [0.15, 0.2) is 0 Å². The molecule has 20 heavy (non-hydrogen) atoms. The first-order valence-electron chi connectivity index (χ1n) is 7.63. The Morgan fingerprint density at radius 3 is 2.60 bits per heavy atom. The van der Waals surface area contributed by atoms with Crippen LogP contribution in [0.2, 0.25) is 0 Å². The number of hydrogen-bond donors (Lipinski definition) is 2. The van der Waals surface area contributed by atoms with Crippen molar-refractivity contribution in [3.63, 3.8) is 0 Å². The molecule has 1 saturated carbocycles. The first-order valence-corrected chi connectivity index (χ1v) is 7.63. The van der Waals surface area contributed by atoms with Crippen molar-refractivity contribution in [3.8, 4) is 5.75 Å². The quantitative estimate of drug-likeness (QED) is 0.537. The summed E-state index contributed by atoms with van der Waals surface area (Å²) in [5.74, 6) is 0.776. The molecular weight excluding hydrogens is 252 g/mol. The summed E-state index contributed by atoms with van der Waals surface area (Å²) < 4.78 is 5.72. The number of aliphatic hydroxyl groups excluding tert-OH is 1. The molecule has 0 radical (unpaired) electrons. The van der Waals surface area contributed by atoms with Crippen LogP contribution in [-0.4, -0.2) is 42.4 Å². The SMILES string of the molecule is Nc1ccccc1OCCCN(CCCO)C1CCC1. The standard InChI is InChI=1S/C16H26N2O2/c17-15-8-1-2-9-16(15)20-13-5-11-18(10-4-12-19)14-6-3-7-14/h1-2,8-9,14,19H,3-7,10-13,17H2. The molecule has 1 fully saturated rings. The molecule has 0 spiro atoms. The van der Waals surface area contributed by atoms with Gasteiger partial charge in [0.25, 0.3) is 0 Å². The normalized spacial score (nSPS) is 15.3. The van der Waals surface area contributed by atoms with Crippen LogP contribution >= 0.6 is 0 Å². The zero-order valence-electron chi connectivity index (χ0n) is 12.1. The highest BCUT2D eigenvalue weighted by Crippen LogP contribution is 2.25. The van der Waals surface area contributed by atoms with Gasteiger partial charge in [-0.25, -0.2) is 0 Å². The fourth-order valence-electron chi connectivity index (χ4n) is 2.56. The third kappa shape index (κ3) is 4.39. The van der Waals surface area contributed by atoms with Crippen molar-refractivity contribution in [1.29, 1.82) is 0 Å². The fourth-order valence-corrected chi connectivity index (χ4v) is 2.56. The smallest absolute Gasteiger partial charge is 0.142 e. The van der Waals surface area contributed by atoms with Crippen LogP contribution in [0.1, 0.15) is 32.1 Å². The predicted octanol–water partition coefficient (Wildman–Crippen LogP) is 2.27. The summed E-state index contributed by atoms with van der Waals surface area (Å²) in [6.45, 7) is 3.00. The van der Waals surface area contributed by atoms with E-state index in [4.69, 9.17) is 15.6 Å². The molecule has 3 N–H and O–H groups in total. The van der Waals surface area contributed by atoms with Gasteiger partial charge in [-0.3, -0.25) is 0 Å². The van der Waals surface area contributed by atoms with E-state index in [9.17, 15) is 0 Å². The molecule has 0 atom stereocenters. The van der Waals surface area contributed by atoms with Crippen LogP contribution in [-0.2, 0) is 0 Å². The van der Waals surface area contributed by atoms with Crippen molar-refractivity contribution in [1.82, 2.24) is 4.90 Å². The van der Waals surface area contributed by atoms with Gasteiger partial charge in [0, 0.05) is 25.7 Å². The molecule has 1 aromatic rings. The van der Waals surface area contributed by atoms with E-state index in [1.807, 2.05) is 24.3 Å². The van der Waals surface area contributed by atoms with Crippen molar-refractivity contribution in [3.05, 3.63) is 24.3 Å². The summed E-state index contributed by atoms with van der Waals surface area (Å²) in [7, 11) is 0. The highest BCUT2D eigenvalue weighted by atomic mass is 16.5. The average molecular weight is 278 g/mol. The Bertz CT molecular complexity index is 394. The Kier molecular flexibility index (Phi) is 6.15. The molecule has 0 amide bonds. The second-order valence-electron chi connectivity index (χ2n) is 5.44. The summed E-state index contributed by atoms with van der Waals surface area (Å²) in [4.78, 5) is 2.50. The first-order chi connectivity index (χ1) is 9.81. The molecule has 0 unspecified atom stereocenters. The summed E-state index contributed by atoms with van der Waals surface area (Å²) >= 11 is 0. The highest BCUT2D eigenvalue weighted by molar-refractivity contribution is 5.51. The summed E-state index contributed by atoms with van der Waals surface area (Å²) in [6, 6.07) is 8.34. The van der Waals surface area contributed by atoms with Gasteiger partial charge in [0.05, 0.1) is 12.3 Å². The lowest BCUT2D eigenvalue weighted by atomic mass is 9.91. The molecule has 4 heteroatoms. The number of benzene rings is 1. The van der Waals surface area contributed by atoms with Crippen LogP contribution in [0.25, 0.3) is 0 Å². The van der Waals surface area contributed by atoms with E-state index in [1.165, 1.54) is 19.3 Å². The molecule has 0 bridgehead atoms. The van der Waals surface area contributed by atoms with Gasteiger partial charge in [-0.1, -0.05) is 18.6 Å². The number of ether oxygens (including phenoxy) is 1. The van der Waals surface area contributed by atoms with Crippen LogP contribution < -0.4 is 10.5 Å². The molecule has 2 rings (SSSR count). The lowest BCUT2D eigenvalue weighted by molar-refractivity contribution is 0.109. The van der Waals surface area contributed by atoms with E-state index < -0.39 is 0 Å².